The Balaban J connectivity index is 2.03. The summed E-state index contributed by atoms with van der Waals surface area (Å²) in [6.45, 7) is 14.2. The molecule has 0 spiro atoms. The van der Waals surface area contributed by atoms with Crippen LogP contribution in [0, 0.1) is 0 Å². The van der Waals surface area contributed by atoms with Gasteiger partial charge >= 0.3 is 5.97 Å². The number of carbonyl (C=O) groups is 1. The molecule has 2 N–H and O–H groups in total. The van der Waals surface area contributed by atoms with Crippen molar-refractivity contribution in [2.75, 3.05) is 19.5 Å². The molecule has 0 bridgehead atoms. The summed E-state index contributed by atoms with van der Waals surface area (Å²) in [5.41, 5.74) is 9.64. The van der Waals surface area contributed by atoms with Crippen molar-refractivity contribution in [1.29, 1.82) is 0 Å². The third-order valence-corrected chi connectivity index (χ3v) is 12.0. The first kappa shape index (κ1) is 24.8. The van der Waals surface area contributed by atoms with Crippen LogP contribution >= 0.6 is 0 Å². The Bertz CT molecular complexity index is 841. The number of hydrogen-bond donors (Lipinski definition) is 1. The maximum absolute atomic E-state index is 11.7. The molecule has 0 aromatic heterocycles. The molecule has 31 heavy (non-hydrogen) atoms. The van der Waals surface area contributed by atoms with Gasteiger partial charge in [-0.2, -0.15) is 0 Å². The van der Waals surface area contributed by atoms with Crippen LogP contribution in [0.15, 0.2) is 42.5 Å². The zero-order chi connectivity index (χ0) is 23.2. The highest BCUT2D eigenvalue weighted by Crippen LogP contribution is 2.42. The van der Waals surface area contributed by atoms with Gasteiger partial charge in [-0.15, -0.1) is 0 Å². The van der Waals surface area contributed by atoms with Gasteiger partial charge in [-0.25, -0.2) is 4.79 Å². The fourth-order valence-electron chi connectivity index (χ4n) is 4.46. The van der Waals surface area contributed by atoms with E-state index in [0.29, 0.717) is 40.2 Å². The lowest BCUT2D eigenvalue weighted by Crippen LogP contribution is -2.50. The van der Waals surface area contributed by atoms with Crippen molar-refractivity contribution in [2.24, 2.45) is 0 Å². The molecule has 2 aromatic rings. The molecular weight excluding hydrogens is 406 g/mol. The minimum atomic E-state index is -1.96. The molecule has 0 radical (unpaired) electrons. The molecule has 5 nitrogen and oxygen atoms in total. The van der Waals surface area contributed by atoms with Gasteiger partial charge in [0.1, 0.15) is 11.5 Å². The molecule has 0 unspecified atom stereocenters. The second-order valence-corrected chi connectivity index (χ2v) is 14.3. The van der Waals surface area contributed by atoms with Crippen LogP contribution in [0.2, 0.25) is 16.6 Å². The summed E-state index contributed by atoms with van der Waals surface area (Å²) in [5.74, 6) is 1.02. The van der Waals surface area contributed by atoms with Crippen LogP contribution in [0.5, 0.6) is 11.5 Å². The van der Waals surface area contributed by atoms with E-state index in [-0.39, 0.29) is 0 Å². The standard InChI is InChI=1S/C25H37NO4Si/c1-17(2)31(18(3)4,19(5)6)30-22-11-8-20(9-12-22)14-15-29-24-16-21(25(27)28-7)10-13-23(24)26/h8-13,16-19H,14-15,26H2,1-7H3. The molecule has 6 heteroatoms. The predicted molar refractivity (Wildman–Crippen MR) is 130 cm³/mol. The van der Waals surface area contributed by atoms with Crippen LogP contribution in [-0.4, -0.2) is 28.0 Å². The van der Waals surface area contributed by atoms with Crippen molar-refractivity contribution in [3.05, 3.63) is 53.6 Å². The van der Waals surface area contributed by atoms with Crippen LogP contribution in [0.3, 0.4) is 0 Å². The number of methoxy groups -OCH3 is 1. The Labute approximate surface area is 188 Å². The van der Waals surface area contributed by atoms with Crippen LogP contribution in [0.4, 0.5) is 5.69 Å². The molecule has 0 amide bonds. The average Bonchev–Trinajstić information content (AvgIpc) is 2.73. The summed E-state index contributed by atoms with van der Waals surface area (Å²) in [5, 5.41) is 0. The van der Waals surface area contributed by atoms with E-state index >= 15 is 0 Å². The van der Waals surface area contributed by atoms with E-state index in [9.17, 15) is 4.79 Å². The van der Waals surface area contributed by atoms with Crippen molar-refractivity contribution >= 4 is 20.0 Å². The van der Waals surface area contributed by atoms with E-state index < -0.39 is 14.3 Å². The third-order valence-electron chi connectivity index (χ3n) is 6.01. The molecule has 0 heterocycles. The van der Waals surface area contributed by atoms with Crippen LogP contribution in [0.1, 0.15) is 57.5 Å². The van der Waals surface area contributed by atoms with Crippen molar-refractivity contribution < 1.29 is 18.7 Å². The highest BCUT2D eigenvalue weighted by atomic mass is 28.4. The molecule has 0 fully saturated rings. The molecule has 0 saturated carbocycles. The SMILES string of the molecule is COC(=O)c1ccc(N)c(OCCc2ccc(O[Si](C(C)C)(C(C)C)C(C)C)cc2)c1. The summed E-state index contributed by atoms with van der Waals surface area (Å²) in [4.78, 5) is 11.7. The van der Waals surface area contributed by atoms with Gasteiger partial charge in [0.05, 0.1) is 25.0 Å². The number of rotatable bonds is 10. The average molecular weight is 444 g/mol. The van der Waals surface area contributed by atoms with E-state index in [0.717, 1.165) is 17.7 Å². The lowest BCUT2D eigenvalue weighted by Gasteiger charge is -2.42. The fourth-order valence-corrected chi connectivity index (χ4v) is 9.72. The first-order chi connectivity index (χ1) is 14.6. The monoisotopic (exact) mass is 443 g/mol. The van der Waals surface area contributed by atoms with E-state index in [1.54, 1.807) is 18.2 Å². The minimum Gasteiger partial charge on any atom is -0.543 e. The Hall–Kier alpha value is -2.47. The predicted octanol–water partition coefficient (Wildman–Crippen LogP) is 6.23. The minimum absolute atomic E-state index is 0.413. The lowest BCUT2D eigenvalue weighted by atomic mass is 10.1. The van der Waals surface area contributed by atoms with Gasteiger partial charge < -0.3 is 19.6 Å². The first-order valence-corrected chi connectivity index (χ1v) is 13.1. The maximum Gasteiger partial charge on any atom is 0.337 e. The van der Waals surface area contributed by atoms with Gasteiger partial charge in [-0.1, -0.05) is 53.7 Å². The summed E-state index contributed by atoms with van der Waals surface area (Å²) in [6, 6.07) is 13.2. The molecule has 0 saturated heterocycles. The van der Waals surface area contributed by atoms with E-state index in [1.165, 1.54) is 7.11 Å². The Kier molecular flexibility index (Phi) is 8.57. The third kappa shape index (κ3) is 5.82. The topological polar surface area (TPSA) is 70.8 Å². The summed E-state index contributed by atoms with van der Waals surface area (Å²) in [7, 11) is -0.606. The highest BCUT2D eigenvalue weighted by Gasteiger charge is 2.46. The Morgan fingerprint density at radius 2 is 1.52 bits per heavy atom. The maximum atomic E-state index is 11.7. The van der Waals surface area contributed by atoms with Crippen LogP contribution in [-0.2, 0) is 11.2 Å². The van der Waals surface area contributed by atoms with Gasteiger partial charge in [-0.05, 0) is 52.5 Å². The fraction of sp³-hybridized carbons (Fsp3) is 0.480. The second-order valence-electron chi connectivity index (χ2n) is 8.91. The van der Waals surface area contributed by atoms with Crippen LogP contribution < -0.4 is 14.9 Å². The van der Waals surface area contributed by atoms with Gasteiger partial charge in [0.25, 0.3) is 8.32 Å². The number of hydrogen-bond acceptors (Lipinski definition) is 5. The van der Waals surface area contributed by atoms with E-state index in [1.807, 2.05) is 0 Å². The molecule has 0 aliphatic rings. The van der Waals surface area contributed by atoms with Gasteiger partial charge in [0.2, 0.25) is 0 Å². The van der Waals surface area contributed by atoms with E-state index in [2.05, 4.69) is 65.8 Å². The second kappa shape index (κ2) is 10.7. The summed E-state index contributed by atoms with van der Waals surface area (Å²) >= 11 is 0. The smallest absolute Gasteiger partial charge is 0.337 e. The number of carbonyl (C=O) groups excluding carboxylic acids is 1. The van der Waals surface area contributed by atoms with Gasteiger partial charge in [0, 0.05) is 6.42 Å². The Morgan fingerprint density at radius 1 is 0.935 bits per heavy atom. The molecule has 2 rings (SSSR count). The zero-order valence-electron chi connectivity index (χ0n) is 19.9. The Morgan fingerprint density at radius 3 is 2.03 bits per heavy atom. The van der Waals surface area contributed by atoms with Crippen molar-refractivity contribution in [3.63, 3.8) is 0 Å². The molecular formula is C25H37NO4Si. The molecule has 2 aromatic carbocycles. The molecule has 0 atom stereocenters. The van der Waals surface area contributed by atoms with E-state index in [4.69, 9.17) is 19.6 Å². The normalized spacial score (nSPS) is 11.8. The number of esters is 1. The number of benzene rings is 2. The number of ether oxygens (including phenoxy) is 2. The molecule has 0 aliphatic carbocycles. The van der Waals surface area contributed by atoms with Gasteiger partial charge in [-0.3, -0.25) is 0 Å². The number of anilines is 1. The summed E-state index contributed by atoms with van der Waals surface area (Å²) in [6.07, 6.45) is 0.725. The number of nitrogens with two attached hydrogens (primary N) is 1. The quantitative estimate of drug-likeness (QED) is 0.268. The van der Waals surface area contributed by atoms with Crippen molar-refractivity contribution in [1.82, 2.24) is 0 Å². The summed E-state index contributed by atoms with van der Waals surface area (Å²) < 4.78 is 17.3. The largest absolute Gasteiger partial charge is 0.543 e. The number of nitrogen functional groups attached to an aromatic ring is 1. The first-order valence-electron chi connectivity index (χ1n) is 11.0. The highest BCUT2D eigenvalue weighted by molar-refractivity contribution is 6.78. The zero-order valence-corrected chi connectivity index (χ0v) is 20.9. The molecule has 170 valence electrons. The molecule has 0 aliphatic heterocycles. The lowest BCUT2D eigenvalue weighted by molar-refractivity contribution is 0.0600. The van der Waals surface area contributed by atoms with Crippen LogP contribution in [0.25, 0.3) is 0 Å². The van der Waals surface area contributed by atoms with Crippen molar-refractivity contribution in [2.45, 2.75) is 64.6 Å². The van der Waals surface area contributed by atoms with Gasteiger partial charge in [0.15, 0.2) is 0 Å². The van der Waals surface area contributed by atoms with Crippen molar-refractivity contribution in [3.8, 4) is 11.5 Å².